The summed E-state index contributed by atoms with van der Waals surface area (Å²) in [5.74, 6) is 0. The molecule has 0 fully saturated rings. The van der Waals surface area contributed by atoms with Gasteiger partial charge in [-0.05, 0) is 35.4 Å². The molecule has 0 saturated carbocycles. The van der Waals surface area contributed by atoms with Crippen LogP contribution < -0.4 is 10.6 Å². The van der Waals surface area contributed by atoms with Crippen molar-refractivity contribution in [3.8, 4) is 0 Å². The SMILES string of the molecule is COCc1ccccc1CNC(=O)Nc1ccc(Cl)cc1. The van der Waals surface area contributed by atoms with E-state index < -0.39 is 0 Å². The Hall–Kier alpha value is -2.04. The van der Waals surface area contributed by atoms with Crippen LogP contribution in [0.4, 0.5) is 10.5 Å². The summed E-state index contributed by atoms with van der Waals surface area (Å²) in [7, 11) is 1.65. The molecule has 5 heteroatoms. The summed E-state index contributed by atoms with van der Waals surface area (Å²) in [6, 6.07) is 14.5. The molecule has 0 atom stereocenters. The number of hydrogen-bond acceptors (Lipinski definition) is 2. The van der Waals surface area contributed by atoms with Crippen molar-refractivity contribution in [2.75, 3.05) is 12.4 Å². The Morgan fingerprint density at radius 1 is 1.10 bits per heavy atom. The molecule has 2 aromatic carbocycles. The second-order valence-electron chi connectivity index (χ2n) is 4.52. The highest BCUT2D eigenvalue weighted by molar-refractivity contribution is 6.30. The molecule has 0 aliphatic heterocycles. The number of carbonyl (C=O) groups excluding carboxylic acids is 1. The van der Waals surface area contributed by atoms with Gasteiger partial charge in [-0.1, -0.05) is 35.9 Å². The molecular weight excluding hydrogens is 288 g/mol. The summed E-state index contributed by atoms with van der Waals surface area (Å²) < 4.78 is 5.14. The van der Waals surface area contributed by atoms with Gasteiger partial charge in [0.1, 0.15) is 0 Å². The van der Waals surface area contributed by atoms with Crippen molar-refractivity contribution < 1.29 is 9.53 Å². The van der Waals surface area contributed by atoms with Gasteiger partial charge in [-0.2, -0.15) is 0 Å². The third-order valence-corrected chi connectivity index (χ3v) is 3.21. The standard InChI is InChI=1S/C16H17ClN2O2/c1-21-11-13-5-3-2-4-12(13)10-18-16(20)19-15-8-6-14(17)7-9-15/h2-9H,10-11H2,1H3,(H2,18,19,20). The van der Waals surface area contributed by atoms with Crippen LogP contribution in [0.25, 0.3) is 0 Å². The minimum atomic E-state index is -0.260. The van der Waals surface area contributed by atoms with Crippen molar-refractivity contribution in [2.24, 2.45) is 0 Å². The average Bonchev–Trinajstić information content (AvgIpc) is 2.49. The smallest absolute Gasteiger partial charge is 0.319 e. The van der Waals surface area contributed by atoms with E-state index in [1.807, 2.05) is 24.3 Å². The molecule has 0 aliphatic rings. The van der Waals surface area contributed by atoms with Crippen LogP contribution in [-0.2, 0) is 17.9 Å². The number of ether oxygens (including phenoxy) is 1. The number of benzene rings is 2. The predicted molar refractivity (Wildman–Crippen MR) is 84.5 cm³/mol. The normalized spacial score (nSPS) is 10.2. The molecule has 0 saturated heterocycles. The number of anilines is 1. The Morgan fingerprint density at radius 2 is 1.76 bits per heavy atom. The van der Waals surface area contributed by atoms with Gasteiger partial charge < -0.3 is 15.4 Å². The van der Waals surface area contributed by atoms with E-state index in [2.05, 4.69) is 10.6 Å². The van der Waals surface area contributed by atoms with Gasteiger partial charge in [-0.15, -0.1) is 0 Å². The minimum absolute atomic E-state index is 0.260. The molecule has 0 aromatic heterocycles. The first-order valence-electron chi connectivity index (χ1n) is 6.55. The molecule has 0 bridgehead atoms. The van der Waals surface area contributed by atoms with Crippen LogP contribution in [-0.4, -0.2) is 13.1 Å². The molecule has 2 aromatic rings. The van der Waals surface area contributed by atoms with E-state index in [0.29, 0.717) is 23.9 Å². The second kappa shape index (κ2) is 7.67. The van der Waals surface area contributed by atoms with E-state index in [-0.39, 0.29) is 6.03 Å². The predicted octanol–water partition coefficient (Wildman–Crippen LogP) is 3.81. The zero-order chi connectivity index (χ0) is 15.1. The molecule has 0 unspecified atom stereocenters. The monoisotopic (exact) mass is 304 g/mol. The van der Waals surface area contributed by atoms with Crippen molar-refractivity contribution in [3.63, 3.8) is 0 Å². The molecular formula is C16H17ClN2O2. The molecule has 0 radical (unpaired) electrons. The molecule has 4 nitrogen and oxygen atoms in total. The number of halogens is 1. The lowest BCUT2D eigenvalue weighted by Gasteiger charge is -2.11. The molecule has 21 heavy (non-hydrogen) atoms. The number of amides is 2. The summed E-state index contributed by atoms with van der Waals surface area (Å²) in [6.45, 7) is 0.968. The Balaban J connectivity index is 1.90. The summed E-state index contributed by atoms with van der Waals surface area (Å²) in [4.78, 5) is 11.9. The molecule has 0 spiro atoms. The largest absolute Gasteiger partial charge is 0.380 e. The van der Waals surface area contributed by atoms with E-state index >= 15 is 0 Å². The van der Waals surface area contributed by atoms with Crippen molar-refractivity contribution in [3.05, 3.63) is 64.7 Å². The maximum atomic E-state index is 11.9. The summed E-state index contributed by atoms with van der Waals surface area (Å²) in [6.07, 6.45) is 0. The van der Waals surface area contributed by atoms with Gasteiger partial charge in [-0.25, -0.2) is 4.79 Å². The van der Waals surface area contributed by atoms with Crippen LogP contribution >= 0.6 is 11.6 Å². The van der Waals surface area contributed by atoms with E-state index in [4.69, 9.17) is 16.3 Å². The van der Waals surface area contributed by atoms with Crippen LogP contribution in [0, 0.1) is 0 Å². The number of urea groups is 1. The lowest BCUT2D eigenvalue weighted by molar-refractivity contribution is 0.184. The summed E-state index contributed by atoms with van der Waals surface area (Å²) in [5.41, 5.74) is 2.79. The van der Waals surface area contributed by atoms with Gasteiger partial charge in [-0.3, -0.25) is 0 Å². The topological polar surface area (TPSA) is 50.4 Å². The zero-order valence-corrected chi connectivity index (χ0v) is 12.5. The van der Waals surface area contributed by atoms with Gasteiger partial charge in [0.15, 0.2) is 0 Å². The second-order valence-corrected chi connectivity index (χ2v) is 4.95. The Bertz CT molecular complexity index is 599. The Morgan fingerprint density at radius 3 is 2.43 bits per heavy atom. The van der Waals surface area contributed by atoms with Crippen molar-refractivity contribution in [1.82, 2.24) is 5.32 Å². The van der Waals surface area contributed by atoms with Gasteiger partial charge in [0, 0.05) is 24.4 Å². The quantitative estimate of drug-likeness (QED) is 0.882. The van der Waals surface area contributed by atoms with E-state index in [1.54, 1.807) is 31.4 Å². The van der Waals surface area contributed by atoms with E-state index in [0.717, 1.165) is 11.1 Å². The van der Waals surface area contributed by atoms with Crippen LogP contribution in [0.15, 0.2) is 48.5 Å². The number of carbonyl (C=O) groups is 1. The lowest BCUT2D eigenvalue weighted by Crippen LogP contribution is -2.28. The minimum Gasteiger partial charge on any atom is -0.380 e. The summed E-state index contributed by atoms with van der Waals surface area (Å²) in [5, 5.41) is 6.21. The highest BCUT2D eigenvalue weighted by Gasteiger charge is 2.05. The van der Waals surface area contributed by atoms with Crippen molar-refractivity contribution >= 4 is 23.3 Å². The van der Waals surface area contributed by atoms with Crippen LogP contribution in [0.2, 0.25) is 5.02 Å². The molecule has 2 rings (SSSR count). The van der Waals surface area contributed by atoms with Gasteiger partial charge in [0.05, 0.1) is 6.61 Å². The first-order valence-corrected chi connectivity index (χ1v) is 6.93. The van der Waals surface area contributed by atoms with Crippen LogP contribution in [0.3, 0.4) is 0 Å². The maximum Gasteiger partial charge on any atom is 0.319 e. The number of nitrogens with one attached hydrogen (secondary N) is 2. The molecule has 0 aliphatic carbocycles. The fraction of sp³-hybridized carbons (Fsp3) is 0.188. The number of methoxy groups -OCH3 is 1. The van der Waals surface area contributed by atoms with Gasteiger partial charge >= 0.3 is 6.03 Å². The molecule has 0 heterocycles. The Labute approximate surface area is 129 Å². The molecule has 2 N–H and O–H groups in total. The highest BCUT2D eigenvalue weighted by Crippen LogP contribution is 2.13. The third-order valence-electron chi connectivity index (χ3n) is 2.96. The van der Waals surface area contributed by atoms with Gasteiger partial charge in [0.25, 0.3) is 0 Å². The van der Waals surface area contributed by atoms with Crippen molar-refractivity contribution in [1.29, 1.82) is 0 Å². The molecule has 2 amide bonds. The summed E-state index contributed by atoms with van der Waals surface area (Å²) >= 11 is 5.80. The average molecular weight is 305 g/mol. The zero-order valence-electron chi connectivity index (χ0n) is 11.7. The molecule has 110 valence electrons. The Kier molecular flexibility index (Phi) is 5.60. The number of rotatable bonds is 5. The van der Waals surface area contributed by atoms with E-state index in [1.165, 1.54) is 0 Å². The number of hydrogen-bond donors (Lipinski definition) is 2. The maximum absolute atomic E-state index is 11.9. The lowest BCUT2D eigenvalue weighted by atomic mass is 10.1. The van der Waals surface area contributed by atoms with Crippen molar-refractivity contribution in [2.45, 2.75) is 13.2 Å². The first-order chi connectivity index (χ1) is 10.2. The highest BCUT2D eigenvalue weighted by atomic mass is 35.5. The fourth-order valence-corrected chi connectivity index (χ4v) is 2.04. The third kappa shape index (κ3) is 4.77. The first kappa shape index (κ1) is 15.4. The van der Waals surface area contributed by atoms with Crippen LogP contribution in [0.1, 0.15) is 11.1 Å². The van der Waals surface area contributed by atoms with E-state index in [9.17, 15) is 4.79 Å². The van der Waals surface area contributed by atoms with Crippen LogP contribution in [0.5, 0.6) is 0 Å². The fourth-order valence-electron chi connectivity index (χ4n) is 1.91. The van der Waals surface area contributed by atoms with Gasteiger partial charge in [0.2, 0.25) is 0 Å².